The SMILES string of the molecule is CCCCCCCCCCCCCCCC(=O)OCCCCCCCCCCOP(=O)(OCCCCCCCCCCOC(=O)CCCCCCCCCCCCCCC)OCCCCCCCCCCOC(=O)CCCCCCCCCCCCCCC. The maximum atomic E-state index is 13.8. The summed E-state index contributed by atoms with van der Waals surface area (Å²) in [5, 5.41) is 0. The van der Waals surface area contributed by atoms with Gasteiger partial charge in [0.2, 0.25) is 0 Å². The number of phosphoric ester groups is 1. The largest absolute Gasteiger partial charge is 0.474 e. The molecule has 0 spiro atoms. The molecular weight excluding hydrogens is 1130 g/mol. The zero-order valence-electron chi connectivity index (χ0n) is 59.9. The molecule has 0 atom stereocenters. The Labute approximate surface area is 554 Å². The molecule has 0 aliphatic heterocycles. The number of hydrogen-bond donors (Lipinski definition) is 0. The second kappa shape index (κ2) is 75.5. The molecule has 10 nitrogen and oxygen atoms in total. The van der Waals surface area contributed by atoms with E-state index in [4.69, 9.17) is 27.8 Å². The van der Waals surface area contributed by atoms with Crippen molar-refractivity contribution in [2.45, 2.75) is 445 Å². The van der Waals surface area contributed by atoms with Crippen LogP contribution in [0.2, 0.25) is 0 Å². The summed E-state index contributed by atoms with van der Waals surface area (Å²) in [7, 11) is -3.64. The Balaban J connectivity index is 4.24. The Kier molecular flexibility index (Phi) is 74.3. The molecular formula is C78H153O10P. The van der Waals surface area contributed by atoms with Crippen molar-refractivity contribution in [3.8, 4) is 0 Å². The lowest BCUT2D eigenvalue weighted by molar-refractivity contribution is -0.144. The van der Waals surface area contributed by atoms with Gasteiger partial charge in [-0.15, -0.1) is 0 Å². The minimum Gasteiger partial charge on any atom is -0.466 e. The van der Waals surface area contributed by atoms with Crippen molar-refractivity contribution in [2.75, 3.05) is 39.6 Å². The third-order valence-electron chi connectivity index (χ3n) is 18.1. The van der Waals surface area contributed by atoms with Gasteiger partial charge < -0.3 is 14.2 Å². The molecule has 0 fully saturated rings. The van der Waals surface area contributed by atoms with Crippen LogP contribution in [-0.2, 0) is 46.7 Å². The summed E-state index contributed by atoms with van der Waals surface area (Å²) >= 11 is 0. The molecule has 11 heteroatoms. The maximum absolute atomic E-state index is 13.8. The summed E-state index contributed by atoms with van der Waals surface area (Å²) in [5.41, 5.74) is 0. The molecule has 0 heterocycles. The Bertz CT molecular complexity index is 1290. The fraction of sp³-hybridized carbons (Fsp3) is 0.962. The van der Waals surface area contributed by atoms with Gasteiger partial charge in [-0.2, -0.15) is 0 Å². The smallest absolute Gasteiger partial charge is 0.466 e. The summed E-state index contributed by atoms with van der Waals surface area (Å²) < 4.78 is 48.2. The lowest BCUT2D eigenvalue weighted by atomic mass is 10.0. The molecule has 0 aromatic carbocycles. The molecule has 0 saturated carbocycles. The van der Waals surface area contributed by atoms with Gasteiger partial charge >= 0.3 is 25.7 Å². The van der Waals surface area contributed by atoms with Gasteiger partial charge in [0.15, 0.2) is 0 Å². The first kappa shape index (κ1) is 87.5. The van der Waals surface area contributed by atoms with E-state index in [1.165, 1.54) is 231 Å². The number of carbonyl (C=O) groups is 3. The lowest BCUT2D eigenvalue weighted by Crippen LogP contribution is -2.05. The molecule has 0 aliphatic rings. The number of esters is 3. The van der Waals surface area contributed by atoms with Crippen LogP contribution >= 0.6 is 7.82 Å². The van der Waals surface area contributed by atoms with Gasteiger partial charge in [0.25, 0.3) is 0 Å². The van der Waals surface area contributed by atoms with E-state index in [0.717, 1.165) is 173 Å². The van der Waals surface area contributed by atoms with Crippen molar-refractivity contribution in [1.29, 1.82) is 0 Å². The highest BCUT2D eigenvalue weighted by atomic mass is 31.2. The number of carbonyl (C=O) groups excluding carboxylic acids is 3. The van der Waals surface area contributed by atoms with Crippen molar-refractivity contribution in [3.63, 3.8) is 0 Å². The normalized spacial score (nSPS) is 11.7. The van der Waals surface area contributed by atoms with Crippen molar-refractivity contribution >= 4 is 25.7 Å². The van der Waals surface area contributed by atoms with Crippen molar-refractivity contribution < 1.29 is 46.7 Å². The van der Waals surface area contributed by atoms with Gasteiger partial charge in [0.1, 0.15) is 0 Å². The first-order valence-corrected chi connectivity index (χ1v) is 41.3. The van der Waals surface area contributed by atoms with Gasteiger partial charge in [-0.3, -0.25) is 28.0 Å². The van der Waals surface area contributed by atoms with Crippen LogP contribution in [-0.4, -0.2) is 57.5 Å². The first-order chi connectivity index (χ1) is 43.9. The molecule has 89 heavy (non-hydrogen) atoms. The zero-order valence-corrected chi connectivity index (χ0v) is 60.8. The highest BCUT2D eigenvalue weighted by molar-refractivity contribution is 7.48. The molecule has 0 aromatic rings. The zero-order chi connectivity index (χ0) is 64.4. The van der Waals surface area contributed by atoms with E-state index in [0.29, 0.717) is 58.9 Å². The first-order valence-electron chi connectivity index (χ1n) is 39.9. The average Bonchev–Trinajstić information content (AvgIpc) is 3.57. The topological polar surface area (TPSA) is 124 Å². The number of phosphoric acid groups is 1. The minimum atomic E-state index is -3.64. The third kappa shape index (κ3) is 73.8. The van der Waals surface area contributed by atoms with Crippen LogP contribution in [0.1, 0.15) is 445 Å². The van der Waals surface area contributed by atoms with Crippen LogP contribution in [0.15, 0.2) is 0 Å². The van der Waals surface area contributed by atoms with Crippen LogP contribution < -0.4 is 0 Å². The summed E-state index contributed by atoms with van der Waals surface area (Å²) in [4.78, 5) is 36.6. The third-order valence-corrected chi connectivity index (χ3v) is 19.6. The number of unbranched alkanes of at least 4 members (excludes halogenated alkanes) is 57. The lowest BCUT2D eigenvalue weighted by Gasteiger charge is -2.18. The van der Waals surface area contributed by atoms with E-state index in [2.05, 4.69) is 20.8 Å². The van der Waals surface area contributed by atoms with Gasteiger partial charge in [-0.05, 0) is 57.8 Å². The highest BCUT2D eigenvalue weighted by Crippen LogP contribution is 2.50. The minimum absolute atomic E-state index is 0.0304. The monoisotopic (exact) mass is 1280 g/mol. The second-order valence-electron chi connectivity index (χ2n) is 27.1. The Morgan fingerprint density at radius 3 is 0.494 bits per heavy atom. The fourth-order valence-corrected chi connectivity index (χ4v) is 13.4. The predicted octanol–water partition coefficient (Wildman–Crippen LogP) is 26.6. The second-order valence-corrected chi connectivity index (χ2v) is 28.7. The van der Waals surface area contributed by atoms with Crippen LogP contribution in [0, 0.1) is 0 Å². The van der Waals surface area contributed by atoms with E-state index in [1.807, 2.05) is 0 Å². The van der Waals surface area contributed by atoms with Crippen molar-refractivity contribution in [3.05, 3.63) is 0 Å². The molecule has 0 amide bonds. The van der Waals surface area contributed by atoms with Crippen LogP contribution in [0.5, 0.6) is 0 Å². The summed E-state index contributed by atoms with van der Waals surface area (Å²) in [6, 6.07) is 0. The highest BCUT2D eigenvalue weighted by Gasteiger charge is 2.26. The summed E-state index contributed by atoms with van der Waals surface area (Å²) in [5.74, 6) is -0.0912. The van der Waals surface area contributed by atoms with Crippen molar-refractivity contribution in [1.82, 2.24) is 0 Å². The fourth-order valence-electron chi connectivity index (χ4n) is 12.1. The Hall–Kier alpha value is -1.48. The number of hydrogen-bond acceptors (Lipinski definition) is 10. The molecule has 0 aliphatic carbocycles. The van der Waals surface area contributed by atoms with E-state index in [-0.39, 0.29) is 17.9 Å². The Morgan fingerprint density at radius 1 is 0.191 bits per heavy atom. The quantitative estimate of drug-likeness (QED) is 0.0252. The van der Waals surface area contributed by atoms with Crippen LogP contribution in [0.25, 0.3) is 0 Å². The molecule has 0 unspecified atom stereocenters. The predicted molar refractivity (Wildman–Crippen MR) is 380 cm³/mol. The summed E-state index contributed by atoms with van der Waals surface area (Å²) in [6.45, 7) is 9.59. The van der Waals surface area contributed by atoms with E-state index < -0.39 is 7.82 Å². The number of ether oxygens (including phenoxy) is 3. The van der Waals surface area contributed by atoms with E-state index in [9.17, 15) is 18.9 Å². The molecule has 0 bridgehead atoms. The molecule has 0 rings (SSSR count). The average molecular weight is 1280 g/mol. The van der Waals surface area contributed by atoms with Gasteiger partial charge in [0, 0.05) is 19.3 Å². The standard InChI is InChI=1S/C78H153O10P/c1-4-7-10-13-16-19-22-25-28-31-40-49-58-67-76(79)83-70-61-52-43-34-37-46-55-64-73-86-89(82,87-74-65-56-47-38-35-44-53-62-71-84-77(80)68-59-50-41-32-29-26-23-20-17-14-11-8-5-2)88-75-66-57-48-39-36-45-54-63-72-85-78(81)69-60-51-42-33-30-27-24-21-18-15-12-9-6-3/h4-75H2,1-3H3. The van der Waals surface area contributed by atoms with E-state index >= 15 is 0 Å². The van der Waals surface area contributed by atoms with E-state index in [1.54, 1.807) is 0 Å². The molecule has 530 valence electrons. The van der Waals surface area contributed by atoms with Gasteiger partial charge in [-0.1, -0.05) is 367 Å². The summed E-state index contributed by atoms with van der Waals surface area (Å²) in [6.07, 6.45) is 78.2. The Morgan fingerprint density at radius 2 is 0.326 bits per heavy atom. The van der Waals surface area contributed by atoms with Crippen LogP contribution in [0.3, 0.4) is 0 Å². The molecule has 0 aromatic heterocycles. The molecule has 0 radical (unpaired) electrons. The van der Waals surface area contributed by atoms with Gasteiger partial charge in [0.05, 0.1) is 39.6 Å². The van der Waals surface area contributed by atoms with Crippen LogP contribution in [0.4, 0.5) is 0 Å². The number of rotatable bonds is 78. The molecule has 0 saturated heterocycles. The van der Waals surface area contributed by atoms with Crippen molar-refractivity contribution in [2.24, 2.45) is 0 Å². The van der Waals surface area contributed by atoms with Gasteiger partial charge in [-0.25, -0.2) is 4.57 Å². The molecule has 0 N–H and O–H groups in total. The maximum Gasteiger partial charge on any atom is 0.474 e.